The molecule has 1 saturated carbocycles. The van der Waals surface area contributed by atoms with Crippen LogP contribution >= 0.6 is 0 Å². The molecule has 0 unspecified atom stereocenters. The molecule has 0 aromatic rings. The van der Waals surface area contributed by atoms with Crippen LogP contribution in [0.5, 0.6) is 0 Å². The van der Waals surface area contributed by atoms with Crippen LogP contribution in [-0.2, 0) is 9.59 Å². The van der Waals surface area contributed by atoms with Crippen molar-refractivity contribution in [2.24, 2.45) is 0 Å². The van der Waals surface area contributed by atoms with E-state index < -0.39 is 0 Å². The molecule has 5 heteroatoms. The van der Waals surface area contributed by atoms with Gasteiger partial charge in [-0.25, -0.2) is 0 Å². The number of carbonyl (C=O) groups is 2. The summed E-state index contributed by atoms with van der Waals surface area (Å²) >= 11 is 0. The van der Waals surface area contributed by atoms with Gasteiger partial charge in [-0.2, -0.15) is 0 Å². The van der Waals surface area contributed by atoms with Crippen molar-refractivity contribution in [3.63, 3.8) is 0 Å². The van der Waals surface area contributed by atoms with E-state index in [-0.39, 0.29) is 17.9 Å². The minimum absolute atomic E-state index is 0.0481. The summed E-state index contributed by atoms with van der Waals surface area (Å²) in [6.07, 6.45) is 5.89. The maximum atomic E-state index is 12.1. The Bertz CT molecular complexity index is 313. The first kappa shape index (κ1) is 13.3. The topological polar surface area (TPSA) is 61.4 Å². The molecule has 2 aliphatic rings. The van der Waals surface area contributed by atoms with Crippen molar-refractivity contribution < 1.29 is 9.59 Å². The lowest BCUT2D eigenvalue weighted by Gasteiger charge is -2.33. The van der Waals surface area contributed by atoms with Gasteiger partial charge in [-0.3, -0.25) is 9.59 Å². The molecule has 0 spiro atoms. The summed E-state index contributed by atoms with van der Waals surface area (Å²) in [7, 11) is 0. The monoisotopic (exact) mass is 253 g/mol. The van der Waals surface area contributed by atoms with Gasteiger partial charge < -0.3 is 15.5 Å². The molecule has 2 rings (SSSR count). The Morgan fingerprint density at radius 2 is 1.94 bits per heavy atom. The Balaban J connectivity index is 1.82. The van der Waals surface area contributed by atoms with Crippen LogP contribution in [0.4, 0.5) is 0 Å². The molecule has 1 atom stereocenters. The highest BCUT2D eigenvalue weighted by Gasteiger charge is 2.28. The van der Waals surface area contributed by atoms with E-state index in [1.54, 1.807) is 11.8 Å². The Hall–Kier alpha value is -1.10. The zero-order valence-corrected chi connectivity index (χ0v) is 11.1. The van der Waals surface area contributed by atoms with Crippen LogP contribution in [0.1, 0.15) is 39.0 Å². The van der Waals surface area contributed by atoms with E-state index in [0.29, 0.717) is 25.7 Å². The lowest BCUT2D eigenvalue weighted by atomic mass is 9.95. The highest BCUT2D eigenvalue weighted by Crippen LogP contribution is 2.17. The molecule has 102 valence electrons. The SMILES string of the molecule is CC(=O)N1CCN[C@@H](C(=O)NC2CCCCC2)C1. The Morgan fingerprint density at radius 1 is 1.22 bits per heavy atom. The van der Waals surface area contributed by atoms with Crippen molar-refractivity contribution in [3.05, 3.63) is 0 Å². The molecule has 2 amide bonds. The summed E-state index contributed by atoms with van der Waals surface area (Å²) in [4.78, 5) is 25.2. The fourth-order valence-electron chi connectivity index (χ4n) is 2.76. The number of nitrogens with one attached hydrogen (secondary N) is 2. The molecule has 18 heavy (non-hydrogen) atoms. The number of piperazine rings is 1. The van der Waals surface area contributed by atoms with Gasteiger partial charge in [0.2, 0.25) is 11.8 Å². The normalized spacial score (nSPS) is 25.8. The van der Waals surface area contributed by atoms with Gasteiger partial charge in [0.15, 0.2) is 0 Å². The van der Waals surface area contributed by atoms with Crippen LogP contribution in [0, 0.1) is 0 Å². The van der Waals surface area contributed by atoms with Gasteiger partial charge in [0.1, 0.15) is 6.04 Å². The van der Waals surface area contributed by atoms with Gasteiger partial charge in [0.05, 0.1) is 0 Å². The average Bonchev–Trinajstić information content (AvgIpc) is 2.40. The van der Waals surface area contributed by atoms with Crippen molar-refractivity contribution in [1.29, 1.82) is 0 Å². The smallest absolute Gasteiger partial charge is 0.239 e. The summed E-state index contributed by atoms with van der Waals surface area (Å²) in [6, 6.07) is 0.0883. The Labute approximate surface area is 108 Å². The third-order valence-corrected chi connectivity index (χ3v) is 3.89. The second-order valence-corrected chi connectivity index (χ2v) is 5.32. The van der Waals surface area contributed by atoms with E-state index in [4.69, 9.17) is 0 Å². The maximum absolute atomic E-state index is 12.1. The zero-order chi connectivity index (χ0) is 13.0. The first-order chi connectivity index (χ1) is 8.66. The first-order valence-electron chi connectivity index (χ1n) is 6.96. The number of hydrogen-bond acceptors (Lipinski definition) is 3. The molecule has 2 N–H and O–H groups in total. The molecule has 0 bridgehead atoms. The van der Waals surface area contributed by atoms with Gasteiger partial charge >= 0.3 is 0 Å². The maximum Gasteiger partial charge on any atom is 0.239 e. The van der Waals surface area contributed by atoms with E-state index in [2.05, 4.69) is 10.6 Å². The van der Waals surface area contributed by atoms with Crippen molar-refractivity contribution in [2.75, 3.05) is 19.6 Å². The Kier molecular flexibility index (Phi) is 4.58. The van der Waals surface area contributed by atoms with Crippen LogP contribution in [0.15, 0.2) is 0 Å². The fraction of sp³-hybridized carbons (Fsp3) is 0.846. The van der Waals surface area contributed by atoms with Crippen molar-refractivity contribution in [2.45, 2.75) is 51.1 Å². The number of hydrogen-bond donors (Lipinski definition) is 2. The number of rotatable bonds is 2. The fourth-order valence-corrected chi connectivity index (χ4v) is 2.76. The largest absolute Gasteiger partial charge is 0.352 e. The molecule has 0 aromatic heterocycles. The third kappa shape index (κ3) is 3.45. The average molecular weight is 253 g/mol. The van der Waals surface area contributed by atoms with Gasteiger partial charge in [-0.05, 0) is 12.8 Å². The summed E-state index contributed by atoms with van der Waals surface area (Å²) in [5.74, 6) is 0.0971. The first-order valence-corrected chi connectivity index (χ1v) is 6.96. The van der Waals surface area contributed by atoms with Crippen molar-refractivity contribution >= 4 is 11.8 Å². The second-order valence-electron chi connectivity index (χ2n) is 5.32. The quantitative estimate of drug-likeness (QED) is 0.742. The van der Waals surface area contributed by atoms with E-state index in [1.165, 1.54) is 19.3 Å². The number of nitrogens with zero attached hydrogens (tertiary/aromatic N) is 1. The van der Waals surface area contributed by atoms with Gasteiger partial charge in [0, 0.05) is 32.6 Å². The minimum atomic E-state index is -0.246. The molecule has 1 heterocycles. The van der Waals surface area contributed by atoms with E-state index >= 15 is 0 Å². The highest BCUT2D eigenvalue weighted by atomic mass is 16.2. The van der Waals surface area contributed by atoms with Gasteiger partial charge in [-0.1, -0.05) is 19.3 Å². The van der Waals surface area contributed by atoms with Gasteiger partial charge in [0.25, 0.3) is 0 Å². The number of amides is 2. The van der Waals surface area contributed by atoms with Gasteiger partial charge in [-0.15, -0.1) is 0 Å². The van der Waals surface area contributed by atoms with E-state index in [0.717, 1.165) is 12.8 Å². The standard InChI is InChI=1S/C13H23N3O2/c1-10(17)16-8-7-14-12(9-16)13(18)15-11-5-3-2-4-6-11/h11-12,14H,2-9H2,1H3,(H,15,18)/t12-/m1/s1. The molecule has 5 nitrogen and oxygen atoms in total. The van der Waals surface area contributed by atoms with Crippen LogP contribution in [0.2, 0.25) is 0 Å². The minimum Gasteiger partial charge on any atom is -0.352 e. The predicted molar refractivity (Wildman–Crippen MR) is 69.1 cm³/mol. The van der Waals surface area contributed by atoms with Crippen molar-refractivity contribution in [1.82, 2.24) is 15.5 Å². The molecule has 2 fully saturated rings. The van der Waals surface area contributed by atoms with E-state index in [1.807, 2.05) is 0 Å². The zero-order valence-electron chi connectivity index (χ0n) is 11.1. The molecule has 1 aliphatic carbocycles. The van der Waals surface area contributed by atoms with Crippen LogP contribution in [0.3, 0.4) is 0 Å². The van der Waals surface area contributed by atoms with Crippen LogP contribution in [-0.4, -0.2) is 48.4 Å². The lowest BCUT2D eigenvalue weighted by molar-refractivity contribution is -0.132. The molecule has 0 aromatic carbocycles. The summed E-state index contributed by atoms with van der Waals surface area (Å²) in [5.41, 5.74) is 0. The molecular weight excluding hydrogens is 230 g/mol. The Morgan fingerprint density at radius 3 is 2.61 bits per heavy atom. The summed E-state index contributed by atoms with van der Waals surface area (Å²) in [5, 5.41) is 6.30. The predicted octanol–water partition coefficient (Wildman–Crippen LogP) is 0.256. The van der Waals surface area contributed by atoms with E-state index in [9.17, 15) is 9.59 Å². The second kappa shape index (κ2) is 6.18. The van der Waals surface area contributed by atoms with Crippen LogP contribution in [0.25, 0.3) is 0 Å². The molecular formula is C13H23N3O2. The summed E-state index contributed by atoms with van der Waals surface area (Å²) in [6.45, 7) is 3.44. The lowest BCUT2D eigenvalue weighted by Crippen LogP contribution is -2.59. The third-order valence-electron chi connectivity index (χ3n) is 3.89. The molecule has 1 saturated heterocycles. The number of carbonyl (C=O) groups excluding carboxylic acids is 2. The highest BCUT2D eigenvalue weighted by molar-refractivity contribution is 5.83. The summed E-state index contributed by atoms with van der Waals surface area (Å²) < 4.78 is 0. The molecule has 0 radical (unpaired) electrons. The van der Waals surface area contributed by atoms with Crippen molar-refractivity contribution in [3.8, 4) is 0 Å². The van der Waals surface area contributed by atoms with Crippen LogP contribution < -0.4 is 10.6 Å². The molecule has 1 aliphatic heterocycles.